The second-order valence-electron chi connectivity index (χ2n) is 7.05. The summed E-state index contributed by atoms with van der Waals surface area (Å²) < 4.78 is 34.5. The Bertz CT molecular complexity index is 1640. The molecule has 0 atom stereocenters. The third-order valence-electron chi connectivity index (χ3n) is 5.03. The Kier molecular flexibility index (Phi) is 4.78. The molecule has 0 saturated heterocycles. The van der Waals surface area contributed by atoms with Crippen LogP contribution >= 0.6 is 0 Å². The van der Waals surface area contributed by atoms with Crippen LogP contribution in [0.3, 0.4) is 0 Å². The number of imidazole rings is 1. The Morgan fingerprint density at radius 1 is 1.06 bits per heavy atom. The lowest BCUT2D eigenvalue weighted by atomic mass is 10.1. The van der Waals surface area contributed by atoms with Gasteiger partial charge in [0.1, 0.15) is 22.4 Å². The molecule has 0 unspecified atom stereocenters. The molecular weight excluding hydrogens is 448 g/mol. The summed E-state index contributed by atoms with van der Waals surface area (Å²) in [4.78, 5) is 19.0. The Morgan fingerprint density at radius 2 is 1.91 bits per heavy atom. The highest BCUT2D eigenvalue weighted by atomic mass is 32.2. The van der Waals surface area contributed by atoms with E-state index in [1.165, 1.54) is 18.3 Å². The zero-order valence-electron chi connectivity index (χ0n) is 17.2. The first-order valence-corrected chi connectivity index (χ1v) is 11.3. The fourth-order valence-corrected chi connectivity index (χ4v) is 4.84. The van der Waals surface area contributed by atoms with Gasteiger partial charge in [-0.2, -0.15) is 17.6 Å². The molecule has 0 aliphatic heterocycles. The number of pyridine rings is 2. The maximum Gasteiger partial charge on any atom is 0.301 e. The molecule has 33 heavy (non-hydrogen) atoms. The Balaban J connectivity index is 1.65. The predicted octanol–water partition coefficient (Wildman–Crippen LogP) is 3.29. The van der Waals surface area contributed by atoms with Gasteiger partial charge in [-0.25, -0.2) is 4.98 Å². The van der Waals surface area contributed by atoms with Crippen molar-refractivity contribution in [2.75, 3.05) is 6.61 Å². The smallest absolute Gasteiger partial charge is 0.301 e. The second-order valence-corrected chi connectivity index (χ2v) is 8.77. The van der Waals surface area contributed by atoms with Gasteiger partial charge in [0, 0.05) is 17.8 Å². The molecule has 4 aromatic heterocycles. The van der Waals surface area contributed by atoms with Gasteiger partial charge in [0.2, 0.25) is 0 Å². The molecular formula is C21H16N6O5S. The summed E-state index contributed by atoms with van der Waals surface area (Å²) >= 11 is 0. The van der Waals surface area contributed by atoms with Crippen molar-refractivity contribution in [3.63, 3.8) is 0 Å². The van der Waals surface area contributed by atoms with Gasteiger partial charge in [-0.3, -0.25) is 19.5 Å². The fraction of sp³-hybridized carbons (Fsp3) is 0.0952. The molecule has 1 aromatic carbocycles. The van der Waals surface area contributed by atoms with E-state index in [9.17, 15) is 18.5 Å². The molecule has 0 aliphatic rings. The highest BCUT2D eigenvalue weighted by molar-refractivity contribution is 7.90. The molecule has 166 valence electrons. The third kappa shape index (κ3) is 3.46. The van der Waals surface area contributed by atoms with E-state index in [0.717, 1.165) is 26.4 Å². The molecule has 5 aromatic rings. The van der Waals surface area contributed by atoms with Crippen molar-refractivity contribution in [1.29, 1.82) is 0 Å². The van der Waals surface area contributed by atoms with E-state index in [0.29, 0.717) is 23.4 Å². The first-order chi connectivity index (χ1) is 15.9. The minimum Gasteiger partial charge on any atom is -0.494 e. The van der Waals surface area contributed by atoms with Gasteiger partial charge in [-0.1, -0.05) is 12.1 Å². The number of hydrogen-bond donors (Lipinski definition) is 0. The van der Waals surface area contributed by atoms with Crippen LogP contribution < -0.4 is 4.74 Å². The van der Waals surface area contributed by atoms with Crippen molar-refractivity contribution in [3.8, 4) is 16.9 Å². The lowest BCUT2D eigenvalue weighted by Gasteiger charge is -2.08. The molecule has 0 saturated carbocycles. The summed E-state index contributed by atoms with van der Waals surface area (Å²) in [6, 6.07) is 11.7. The average Bonchev–Trinajstić information content (AvgIpc) is 3.43. The molecule has 0 aliphatic carbocycles. The lowest BCUT2D eigenvalue weighted by Crippen LogP contribution is -2.16. The fourth-order valence-electron chi connectivity index (χ4n) is 3.50. The molecule has 0 spiro atoms. The van der Waals surface area contributed by atoms with Crippen LogP contribution in [0.15, 0.2) is 72.3 Å². The van der Waals surface area contributed by atoms with Crippen LogP contribution in [0.2, 0.25) is 0 Å². The molecule has 0 N–H and O–H groups in total. The van der Waals surface area contributed by atoms with Crippen LogP contribution in [0.4, 0.5) is 5.69 Å². The normalized spacial score (nSPS) is 11.8. The summed E-state index contributed by atoms with van der Waals surface area (Å²) in [7, 11) is -4.24. The summed E-state index contributed by atoms with van der Waals surface area (Å²) in [6.45, 7) is 2.40. The van der Waals surface area contributed by atoms with E-state index in [1.54, 1.807) is 12.3 Å². The van der Waals surface area contributed by atoms with Crippen molar-refractivity contribution in [1.82, 2.24) is 23.6 Å². The number of hydrogen-bond acceptors (Lipinski definition) is 8. The Labute approximate surface area is 187 Å². The topological polar surface area (TPSA) is 135 Å². The van der Waals surface area contributed by atoms with Gasteiger partial charge in [0.25, 0.3) is 5.69 Å². The lowest BCUT2D eigenvalue weighted by molar-refractivity contribution is -0.385. The Hall–Kier alpha value is -4.32. The number of nitrogens with zero attached hydrogens (tertiary/aromatic N) is 6. The SMILES string of the molecule is CCOc1cccc(-c2cnc3cnn(S(=O)(=O)c4cnc5ccc([N+](=O)[O-])cn45)c3c2)c1. The first kappa shape index (κ1) is 20.6. The van der Waals surface area contributed by atoms with E-state index in [2.05, 4.69) is 15.1 Å². The number of benzene rings is 1. The van der Waals surface area contributed by atoms with Gasteiger partial charge in [0.15, 0.2) is 5.03 Å². The van der Waals surface area contributed by atoms with Crippen LogP contribution in [-0.2, 0) is 10.0 Å². The number of rotatable bonds is 6. The largest absolute Gasteiger partial charge is 0.494 e. The van der Waals surface area contributed by atoms with Crippen molar-refractivity contribution < 1.29 is 18.1 Å². The number of aromatic nitrogens is 5. The van der Waals surface area contributed by atoms with Gasteiger partial charge in [-0.15, -0.1) is 0 Å². The van der Waals surface area contributed by atoms with Crippen LogP contribution in [0.25, 0.3) is 27.8 Å². The van der Waals surface area contributed by atoms with Gasteiger partial charge < -0.3 is 4.74 Å². The van der Waals surface area contributed by atoms with Crippen molar-refractivity contribution in [2.45, 2.75) is 11.9 Å². The molecule has 0 bridgehead atoms. The highest BCUT2D eigenvalue weighted by Gasteiger charge is 2.26. The van der Waals surface area contributed by atoms with Crippen LogP contribution in [0, 0.1) is 10.1 Å². The summed E-state index contributed by atoms with van der Waals surface area (Å²) in [5, 5.41) is 14.9. The van der Waals surface area contributed by atoms with Gasteiger partial charge in [0.05, 0.1) is 30.1 Å². The zero-order chi connectivity index (χ0) is 23.2. The standard InChI is InChI=1S/C21H16N6O5S/c1-2-32-17-5-3-4-14(8-17)15-9-19-18(22-10-15)11-24-26(19)33(30,31)21-12-23-20-7-6-16(27(28)29)13-25(20)21/h3-13H,2H2,1H3. The van der Waals surface area contributed by atoms with E-state index in [-0.39, 0.29) is 21.9 Å². The van der Waals surface area contributed by atoms with E-state index in [4.69, 9.17) is 4.74 Å². The van der Waals surface area contributed by atoms with Crippen molar-refractivity contribution >= 4 is 32.4 Å². The molecule has 11 nitrogen and oxygen atoms in total. The predicted molar refractivity (Wildman–Crippen MR) is 119 cm³/mol. The molecule has 4 heterocycles. The van der Waals surface area contributed by atoms with E-state index in [1.807, 2.05) is 31.2 Å². The van der Waals surface area contributed by atoms with Gasteiger partial charge >= 0.3 is 10.0 Å². The van der Waals surface area contributed by atoms with Crippen molar-refractivity contribution in [3.05, 3.63) is 77.4 Å². The van der Waals surface area contributed by atoms with E-state index >= 15 is 0 Å². The monoisotopic (exact) mass is 464 g/mol. The van der Waals surface area contributed by atoms with Crippen LogP contribution in [0.1, 0.15) is 6.92 Å². The first-order valence-electron chi connectivity index (χ1n) is 9.82. The summed E-state index contributed by atoms with van der Waals surface area (Å²) in [5.74, 6) is 0.684. The maximum absolute atomic E-state index is 13.5. The third-order valence-corrected chi connectivity index (χ3v) is 6.60. The van der Waals surface area contributed by atoms with E-state index < -0.39 is 14.9 Å². The van der Waals surface area contributed by atoms with Crippen LogP contribution in [0.5, 0.6) is 5.75 Å². The molecule has 0 amide bonds. The molecule has 12 heteroatoms. The number of ether oxygens (including phenoxy) is 1. The molecule has 0 radical (unpaired) electrons. The summed E-state index contributed by atoms with van der Waals surface area (Å²) in [5.41, 5.74) is 2.10. The zero-order valence-corrected chi connectivity index (χ0v) is 18.0. The number of fused-ring (bicyclic) bond motifs is 2. The summed E-state index contributed by atoms with van der Waals surface area (Å²) in [6.07, 6.45) is 5.23. The maximum atomic E-state index is 13.5. The highest BCUT2D eigenvalue weighted by Crippen LogP contribution is 2.28. The quantitative estimate of drug-likeness (QED) is 0.276. The van der Waals surface area contributed by atoms with Crippen molar-refractivity contribution in [2.24, 2.45) is 0 Å². The number of nitro groups is 1. The Morgan fingerprint density at radius 3 is 2.70 bits per heavy atom. The average molecular weight is 464 g/mol. The minimum atomic E-state index is -4.24. The minimum absolute atomic E-state index is 0.252. The molecule has 0 fully saturated rings. The van der Waals surface area contributed by atoms with Crippen LogP contribution in [-0.4, -0.2) is 43.5 Å². The molecule has 5 rings (SSSR count). The second kappa shape index (κ2) is 7.67. The van der Waals surface area contributed by atoms with Gasteiger partial charge in [-0.05, 0) is 36.8 Å².